The van der Waals surface area contributed by atoms with Crippen LogP contribution in [-0.4, -0.2) is 32.9 Å². The Labute approximate surface area is 110 Å². The quantitative estimate of drug-likeness (QED) is 0.818. The molecular formula is C13H22N2O2S. The van der Waals surface area contributed by atoms with Crippen LogP contribution in [0.4, 0.5) is 0 Å². The van der Waals surface area contributed by atoms with Gasteiger partial charge in [-0.3, -0.25) is 0 Å². The Kier molecular flexibility index (Phi) is 5.78. The fraction of sp³-hybridized carbons (Fsp3) is 0.538. The van der Waals surface area contributed by atoms with Crippen LogP contribution in [0, 0.1) is 0 Å². The largest absolute Gasteiger partial charge is 0.316 e. The van der Waals surface area contributed by atoms with Crippen molar-refractivity contribution in [3.05, 3.63) is 35.4 Å². The molecule has 0 aliphatic carbocycles. The highest BCUT2D eigenvalue weighted by atomic mass is 32.2. The first-order valence-electron chi connectivity index (χ1n) is 6.23. The fourth-order valence-corrected chi connectivity index (χ4v) is 3.52. The maximum Gasteiger partial charge on any atom is 0.218 e. The highest BCUT2D eigenvalue weighted by Crippen LogP contribution is 2.12. The van der Waals surface area contributed by atoms with Crippen molar-refractivity contribution < 1.29 is 8.42 Å². The van der Waals surface area contributed by atoms with E-state index in [1.165, 1.54) is 4.31 Å². The number of hydrogen-bond donors (Lipinski definition) is 1. The van der Waals surface area contributed by atoms with Crippen molar-refractivity contribution in [2.24, 2.45) is 0 Å². The van der Waals surface area contributed by atoms with Crippen LogP contribution in [0.15, 0.2) is 24.3 Å². The molecule has 1 rings (SSSR count). The number of nitrogens with zero attached hydrogens (tertiary/aromatic N) is 1. The Morgan fingerprint density at radius 3 is 2.33 bits per heavy atom. The molecule has 4 nitrogen and oxygen atoms in total. The van der Waals surface area contributed by atoms with Gasteiger partial charge in [0.25, 0.3) is 0 Å². The lowest BCUT2D eigenvalue weighted by atomic mass is 10.1. The third kappa shape index (κ3) is 4.08. The molecule has 0 saturated carbocycles. The van der Waals surface area contributed by atoms with Gasteiger partial charge in [0.15, 0.2) is 0 Å². The molecule has 0 spiro atoms. The highest BCUT2D eigenvalue weighted by Gasteiger charge is 2.19. The predicted molar refractivity (Wildman–Crippen MR) is 74.8 cm³/mol. The molecule has 18 heavy (non-hydrogen) atoms. The van der Waals surface area contributed by atoms with E-state index in [-0.39, 0.29) is 5.75 Å². The van der Waals surface area contributed by atoms with Gasteiger partial charge in [-0.25, -0.2) is 12.7 Å². The van der Waals surface area contributed by atoms with Gasteiger partial charge in [0.05, 0.1) is 5.75 Å². The summed E-state index contributed by atoms with van der Waals surface area (Å²) in [7, 11) is -1.32. The summed E-state index contributed by atoms with van der Waals surface area (Å²) < 4.78 is 25.8. The first kappa shape index (κ1) is 15.1. The molecule has 0 fully saturated rings. The lowest BCUT2D eigenvalue weighted by molar-refractivity contribution is 0.444. The van der Waals surface area contributed by atoms with Gasteiger partial charge in [0.2, 0.25) is 10.0 Å². The molecule has 0 aliphatic rings. The molecular weight excluding hydrogens is 248 g/mol. The molecule has 1 aromatic carbocycles. The van der Waals surface area contributed by atoms with Gasteiger partial charge in [-0.1, -0.05) is 38.1 Å². The van der Waals surface area contributed by atoms with Crippen molar-refractivity contribution in [3.8, 4) is 0 Å². The Balaban J connectivity index is 2.86. The van der Waals surface area contributed by atoms with E-state index in [2.05, 4.69) is 5.32 Å². The summed E-state index contributed by atoms with van der Waals surface area (Å²) in [6, 6.07) is 7.70. The van der Waals surface area contributed by atoms with E-state index >= 15 is 0 Å². The second-order valence-corrected chi connectivity index (χ2v) is 6.16. The van der Waals surface area contributed by atoms with Gasteiger partial charge in [-0.2, -0.15) is 0 Å². The van der Waals surface area contributed by atoms with Gasteiger partial charge in [-0.05, 0) is 18.2 Å². The van der Waals surface area contributed by atoms with Crippen molar-refractivity contribution >= 4 is 10.0 Å². The number of benzene rings is 1. The molecule has 0 heterocycles. The van der Waals surface area contributed by atoms with Crippen LogP contribution < -0.4 is 5.32 Å². The summed E-state index contributed by atoms with van der Waals surface area (Å²) in [5.41, 5.74) is 1.94. The summed E-state index contributed by atoms with van der Waals surface area (Å²) in [6.45, 7) is 5.51. The normalized spacial score (nSPS) is 12.0. The van der Waals surface area contributed by atoms with Crippen LogP contribution in [0.25, 0.3) is 0 Å². The molecule has 0 aromatic heterocycles. The lowest BCUT2D eigenvalue weighted by Gasteiger charge is -2.18. The molecule has 0 unspecified atom stereocenters. The van der Waals surface area contributed by atoms with Crippen molar-refractivity contribution in [2.45, 2.75) is 26.1 Å². The van der Waals surface area contributed by atoms with Crippen LogP contribution >= 0.6 is 0 Å². The van der Waals surface area contributed by atoms with E-state index in [0.717, 1.165) is 17.7 Å². The van der Waals surface area contributed by atoms with Crippen LogP contribution in [0.2, 0.25) is 0 Å². The fourth-order valence-electron chi connectivity index (χ4n) is 1.95. The summed E-state index contributed by atoms with van der Waals surface area (Å²) in [6.07, 6.45) is 0. The summed E-state index contributed by atoms with van der Waals surface area (Å²) in [5.74, 6) is 0.0756. The standard InChI is InChI=1S/C13H22N2O2S/c1-4-15(5-2)18(16,17)11-13-8-6-7-12(9-13)10-14-3/h6-9,14H,4-5,10-11H2,1-3H3. The number of nitrogens with one attached hydrogen (secondary N) is 1. The second kappa shape index (κ2) is 6.87. The molecule has 0 amide bonds. The van der Waals surface area contributed by atoms with E-state index in [4.69, 9.17) is 0 Å². The zero-order valence-corrected chi connectivity index (χ0v) is 12.1. The molecule has 102 valence electrons. The van der Waals surface area contributed by atoms with Crippen molar-refractivity contribution in [1.82, 2.24) is 9.62 Å². The zero-order valence-electron chi connectivity index (χ0n) is 11.3. The van der Waals surface area contributed by atoms with Crippen LogP contribution in [-0.2, 0) is 22.3 Å². The first-order chi connectivity index (χ1) is 8.53. The van der Waals surface area contributed by atoms with Gasteiger partial charge in [0, 0.05) is 19.6 Å². The minimum absolute atomic E-state index is 0.0756. The Bertz CT molecular complexity index is 468. The Morgan fingerprint density at radius 2 is 1.78 bits per heavy atom. The van der Waals surface area contributed by atoms with Crippen LogP contribution in [0.3, 0.4) is 0 Å². The van der Waals surface area contributed by atoms with Crippen LogP contribution in [0.1, 0.15) is 25.0 Å². The Morgan fingerprint density at radius 1 is 1.17 bits per heavy atom. The second-order valence-electron chi connectivity index (χ2n) is 4.19. The monoisotopic (exact) mass is 270 g/mol. The van der Waals surface area contributed by atoms with Crippen molar-refractivity contribution in [3.63, 3.8) is 0 Å². The van der Waals surface area contributed by atoms with Gasteiger partial charge in [-0.15, -0.1) is 0 Å². The minimum Gasteiger partial charge on any atom is -0.316 e. The van der Waals surface area contributed by atoms with Crippen molar-refractivity contribution in [2.75, 3.05) is 20.1 Å². The third-order valence-electron chi connectivity index (χ3n) is 2.82. The minimum atomic E-state index is -3.19. The molecule has 1 aromatic rings. The lowest BCUT2D eigenvalue weighted by Crippen LogP contribution is -2.31. The van der Waals surface area contributed by atoms with Crippen molar-refractivity contribution in [1.29, 1.82) is 0 Å². The summed E-state index contributed by atoms with van der Waals surface area (Å²) in [5, 5.41) is 3.06. The summed E-state index contributed by atoms with van der Waals surface area (Å²) in [4.78, 5) is 0. The van der Waals surface area contributed by atoms with Gasteiger partial charge >= 0.3 is 0 Å². The van der Waals surface area contributed by atoms with Gasteiger partial charge < -0.3 is 5.32 Å². The zero-order chi connectivity index (χ0) is 13.6. The molecule has 0 atom stereocenters. The average molecular weight is 270 g/mol. The first-order valence-corrected chi connectivity index (χ1v) is 7.84. The van der Waals surface area contributed by atoms with Gasteiger partial charge in [0.1, 0.15) is 0 Å². The molecule has 0 saturated heterocycles. The van der Waals surface area contributed by atoms with Crippen LogP contribution in [0.5, 0.6) is 0 Å². The molecule has 0 bridgehead atoms. The molecule has 1 N–H and O–H groups in total. The third-order valence-corrected chi connectivity index (χ3v) is 4.82. The molecule has 0 radical (unpaired) electrons. The number of hydrogen-bond acceptors (Lipinski definition) is 3. The SMILES string of the molecule is CCN(CC)S(=O)(=O)Cc1cccc(CNC)c1. The predicted octanol–water partition coefficient (Wildman–Crippen LogP) is 1.58. The maximum absolute atomic E-state index is 12.1. The van der Waals surface area contributed by atoms with E-state index in [0.29, 0.717) is 13.1 Å². The molecule has 0 aliphatic heterocycles. The Hall–Kier alpha value is -0.910. The highest BCUT2D eigenvalue weighted by molar-refractivity contribution is 7.88. The van der Waals surface area contributed by atoms with E-state index in [1.807, 2.05) is 45.2 Å². The van der Waals surface area contributed by atoms with E-state index in [9.17, 15) is 8.42 Å². The summed E-state index contributed by atoms with van der Waals surface area (Å²) >= 11 is 0. The number of rotatable bonds is 7. The number of sulfonamides is 1. The van der Waals surface area contributed by atoms with E-state index < -0.39 is 10.0 Å². The maximum atomic E-state index is 12.1. The topological polar surface area (TPSA) is 49.4 Å². The van der Waals surface area contributed by atoms with E-state index in [1.54, 1.807) is 0 Å². The molecule has 5 heteroatoms. The average Bonchev–Trinajstić information content (AvgIpc) is 2.30. The smallest absolute Gasteiger partial charge is 0.218 e.